The predicted molar refractivity (Wildman–Crippen MR) is 54.1 cm³/mol. The molecule has 0 bridgehead atoms. The number of nitriles is 1. The van der Waals surface area contributed by atoms with E-state index in [-0.39, 0.29) is 6.10 Å². The first kappa shape index (κ1) is 12.2. The van der Waals surface area contributed by atoms with Crippen molar-refractivity contribution in [2.24, 2.45) is 0 Å². The van der Waals surface area contributed by atoms with Crippen molar-refractivity contribution >= 4 is 0 Å². The van der Waals surface area contributed by atoms with Gasteiger partial charge in [0.25, 0.3) is 0 Å². The fourth-order valence-corrected chi connectivity index (χ4v) is 1.19. The van der Waals surface area contributed by atoms with E-state index in [1.807, 2.05) is 13.0 Å². The second-order valence-electron chi connectivity index (χ2n) is 3.52. The number of hydrogen-bond donors (Lipinski definition) is 1. The van der Waals surface area contributed by atoms with E-state index in [9.17, 15) is 0 Å². The summed E-state index contributed by atoms with van der Waals surface area (Å²) < 4.78 is 0. The zero-order valence-electron chi connectivity index (χ0n) is 8.42. The second kappa shape index (κ2) is 7.82. The zero-order chi connectivity index (χ0) is 10.1. The van der Waals surface area contributed by atoms with Gasteiger partial charge in [0.15, 0.2) is 0 Å². The Hall–Kier alpha value is -0.810. The van der Waals surface area contributed by atoms with E-state index in [0.29, 0.717) is 5.57 Å². The number of hydrogen-bond acceptors (Lipinski definition) is 2. The molecule has 74 valence electrons. The molecule has 0 heterocycles. The minimum absolute atomic E-state index is 0.172. The highest BCUT2D eigenvalue weighted by Gasteiger charge is 1.96. The summed E-state index contributed by atoms with van der Waals surface area (Å²) in [6, 6.07) is 2.04. The summed E-state index contributed by atoms with van der Waals surface area (Å²) in [5.41, 5.74) is 0.676. The topological polar surface area (TPSA) is 44.0 Å². The summed E-state index contributed by atoms with van der Waals surface area (Å²) >= 11 is 0. The van der Waals surface area contributed by atoms with Gasteiger partial charge in [-0.3, -0.25) is 0 Å². The van der Waals surface area contributed by atoms with Gasteiger partial charge in [0, 0.05) is 5.57 Å². The molecule has 0 saturated carbocycles. The first-order chi connectivity index (χ1) is 6.16. The maximum atomic E-state index is 8.98. The van der Waals surface area contributed by atoms with E-state index in [1.165, 1.54) is 0 Å². The van der Waals surface area contributed by atoms with E-state index >= 15 is 0 Å². The average Bonchev–Trinajstić information content (AvgIpc) is 2.10. The monoisotopic (exact) mass is 181 g/mol. The predicted octanol–water partition coefficient (Wildman–Crippen LogP) is 2.79. The van der Waals surface area contributed by atoms with Crippen molar-refractivity contribution in [3.8, 4) is 6.07 Å². The van der Waals surface area contributed by atoms with E-state index in [0.717, 1.165) is 38.5 Å². The molecule has 0 spiro atoms. The van der Waals surface area contributed by atoms with Crippen molar-refractivity contribution in [3.05, 3.63) is 12.2 Å². The van der Waals surface area contributed by atoms with Crippen molar-refractivity contribution in [1.29, 1.82) is 5.26 Å². The molecule has 1 atom stereocenters. The minimum atomic E-state index is -0.172. The Bertz CT molecular complexity index is 179. The molecule has 0 fully saturated rings. The van der Waals surface area contributed by atoms with E-state index in [1.54, 1.807) is 0 Å². The number of nitrogens with zero attached hydrogens (tertiary/aromatic N) is 1. The van der Waals surface area contributed by atoms with Gasteiger partial charge in [0.05, 0.1) is 12.2 Å². The van der Waals surface area contributed by atoms with Gasteiger partial charge in [-0.05, 0) is 26.2 Å². The Kier molecular flexibility index (Phi) is 7.33. The molecule has 0 aliphatic heterocycles. The van der Waals surface area contributed by atoms with Gasteiger partial charge in [-0.2, -0.15) is 5.26 Å². The van der Waals surface area contributed by atoms with Gasteiger partial charge in [0.1, 0.15) is 0 Å². The van der Waals surface area contributed by atoms with Gasteiger partial charge in [-0.1, -0.05) is 25.8 Å². The van der Waals surface area contributed by atoms with Crippen LogP contribution in [0, 0.1) is 11.3 Å². The largest absolute Gasteiger partial charge is 0.393 e. The third kappa shape index (κ3) is 9.10. The molecule has 1 unspecified atom stereocenters. The summed E-state index contributed by atoms with van der Waals surface area (Å²) in [4.78, 5) is 0. The molecule has 0 aromatic heterocycles. The van der Waals surface area contributed by atoms with Gasteiger partial charge >= 0.3 is 0 Å². The van der Waals surface area contributed by atoms with E-state index in [2.05, 4.69) is 6.58 Å². The maximum absolute atomic E-state index is 8.98. The normalized spacial score (nSPS) is 12.1. The Morgan fingerprint density at radius 3 is 2.54 bits per heavy atom. The lowest BCUT2D eigenvalue weighted by Gasteiger charge is -2.03. The van der Waals surface area contributed by atoms with Crippen LogP contribution in [0.15, 0.2) is 12.2 Å². The third-order valence-corrected chi connectivity index (χ3v) is 2.01. The van der Waals surface area contributed by atoms with Crippen LogP contribution in [0.25, 0.3) is 0 Å². The molecule has 0 rings (SSSR count). The van der Waals surface area contributed by atoms with Crippen LogP contribution in [-0.2, 0) is 0 Å². The van der Waals surface area contributed by atoms with Gasteiger partial charge in [-0.15, -0.1) is 0 Å². The molecule has 0 radical (unpaired) electrons. The fraction of sp³-hybridized carbons (Fsp3) is 0.727. The number of aliphatic hydroxyl groups excluding tert-OH is 1. The lowest BCUT2D eigenvalue weighted by atomic mass is 10.1. The van der Waals surface area contributed by atoms with Gasteiger partial charge in [-0.25, -0.2) is 0 Å². The number of allylic oxidation sites excluding steroid dienone is 1. The number of unbranched alkanes of at least 4 members (excludes halogenated alkanes) is 3. The smallest absolute Gasteiger partial charge is 0.0940 e. The van der Waals surface area contributed by atoms with Crippen LogP contribution >= 0.6 is 0 Å². The molecule has 13 heavy (non-hydrogen) atoms. The Labute approximate surface area is 80.9 Å². The summed E-state index contributed by atoms with van der Waals surface area (Å²) in [5, 5.41) is 17.4. The number of aliphatic hydroxyl groups is 1. The zero-order valence-corrected chi connectivity index (χ0v) is 8.42. The van der Waals surface area contributed by atoms with Crippen molar-refractivity contribution in [3.63, 3.8) is 0 Å². The van der Waals surface area contributed by atoms with E-state index in [4.69, 9.17) is 10.4 Å². The highest BCUT2D eigenvalue weighted by atomic mass is 16.3. The van der Waals surface area contributed by atoms with Gasteiger partial charge in [0.2, 0.25) is 0 Å². The second-order valence-corrected chi connectivity index (χ2v) is 3.52. The molecule has 0 aliphatic carbocycles. The third-order valence-electron chi connectivity index (χ3n) is 2.01. The maximum Gasteiger partial charge on any atom is 0.0940 e. The van der Waals surface area contributed by atoms with E-state index < -0.39 is 0 Å². The van der Waals surface area contributed by atoms with Crippen LogP contribution in [0.5, 0.6) is 0 Å². The average molecular weight is 181 g/mol. The molecule has 0 aromatic carbocycles. The lowest BCUT2D eigenvalue weighted by molar-refractivity contribution is 0.180. The molecule has 1 N–H and O–H groups in total. The quantitative estimate of drug-likeness (QED) is 0.485. The number of rotatable bonds is 7. The van der Waals surface area contributed by atoms with Crippen molar-refractivity contribution < 1.29 is 5.11 Å². The SMILES string of the molecule is C=C(C#N)CCCCCCC(C)O. The van der Waals surface area contributed by atoms with Crippen molar-refractivity contribution in [1.82, 2.24) is 0 Å². The van der Waals surface area contributed by atoms with Crippen molar-refractivity contribution in [2.75, 3.05) is 0 Å². The molecule has 0 aromatic rings. The van der Waals surface area contributed by atoms with Crippen molar-refractivity contribution in [2.45, 2.75) is 51.6 Å². The summed E-state index contributed by atoms with van der Waals surface area (Å²) in [5.74, 6) is 0. The highest BCUT2D eigenvalue weighted by Crippen LogP contribution is 2.09. The minimum Gasteiger partial charge on any atom is -0.393 e. The van der Waals surface area contributed by atoms with Crippen LogP contribution in [-0.4, -0.2) is 11.2 Å². The van der Waals surface area contributed by atoms with Crippen LogP contribution in [0.1, 0.15) is 45.4 Å². The Morgan fingerprint density at radius 1 is 1.38 bits per heavy atom. The molecule has 2 heteroatoms. The fourth-order valence-electron chi connectivity index (χ4n) is 1.19. The summed E-state index contributed by atoms with van der Waals surface area (Å²) in [6.07, 6.45) is 5.94. The highest BCUT2D eigenvalue weighted by molar-refractivity contribution is 5.14. The van der Waals surface area contributed by atoms with Crippen LogP contribution < -0.4 is 0 Å². The van der Waals surface area contributed by atoms with Crippen LogP contribution in [0.3, 0.4) is 0 Å². The summed E-state index contributed by atoms with van der Waals surface area (Å²) in [6.45, 7) is 5.44. The molecule has 0 aliphatic rings. The summed E-state index contributed by atoms with van der Waals surface area (Å²) in [7, 11) is 0. The standard InChI is InChI=1S/C11H19NO/c1-10(9-12)7-5-3-4-6-8-11(2)13/h11,13H,1,3-8H2,2H3. The Balaban J connectivity index is 3.09. The van der Waals surface area contributed by atoms with Gasteiger partial charge < -0.3 is 5.11 Å². The first-order valence-electron chi connectivity index (χ1n) is 4.92. The Morgan fingerprint density at radius 2 is 2.00 bits per heavy atom. The molecular formula is C11H19NO. The molecule has 0 amide bonds. The molecular weight excluding hydrogens is 162 g/mol. The molecule has 0 saturated heterocycles. The first-order valence-corrected chi connectivity index (χ1v) is 4.92. The van der Waals surface area contributed by atoms with Crippen LogP contribution in [0.2, 0.25) is 0 Å². The molecule has 2 nitrogen and oxygen atoms in total. The van der Waals surface area contributed by atoms with Crippen LogP contribution in [0.4, 0.5) is 0 Å². The lowest BCUT2D eigenvalue weighted by Crippen LogP contribution is -1.98.